The van der Waals surface area contributed by atoms with Crippen LogP contribution in [0.2, 0.25) is 0 Å². The molecule has 2 N–H and O–H groups in total. The minimum atomic E-state index is -0.470. The molecule has 0 saturated carbocycles. The van der Waals surface area contributed by atoms with Crippen LogP contribution in [0.3, 0.4) is 0 Å². The van der Waals surface area contributed by atoms with Crippen LogP contribution >= 0.6 is 11.3 Å². The first-order valence-corrected chi connectivity index (χ1v) is 5.64. The molecule has 0 aliphatic heterocycles. The summed E-state index contributed by atoms with van der Waals surface area (Å²) in [5.74, 6) is 0.501. The third kappa shape index (κ3) is 4.19. The van der Waals surface area contributed by atoms with Gasteiger partial charge in [0.25, 0.3) is 0 Å². The zero-order valence-electron chi connectivity index (χ0n) is 8.56. The van der Waals surface area contributed by atoms with E-state index in [1.54, 1.807) is 11.3 Å². The highest BCUT2D eigenvalue weighted by Crippen LogP contribution is 2.17. The topological polar surface area (TPSA) is 41.5 Å². The first kappa shape index (κ1) is 11.7. The Bertz CT molecular complexity index is 236. The van der Waals surface area contributed by atoms with Crippen LogP contribution in [0, 0.1) is 5.92 Å². The van der Waals surface area contributed by atoms with Crippen molar-refractivity contribution in [2.75, 3.05) is 13.2 Å². The Morgan fingerprint density at radius 1 is 1.57 bits per heavy atom. The molecule has 1 aromatic rings. The second-order valence-corrected chi connectivity index (χ2v) is 4.56. The molecule has 4 heteroatoms. The van der Waals surface area contributed by atoms with Gasteiger partial charge < -0.3 is 9.94 Å². The third-order valence-corrected chi connectivity index (χ3v) is 2.64. The van der Waals surface area contributed by atoms with E-state index in [2.05, 4.69) is 19.3 Å². The largest absolute Gasteiger partial charge is 0.386 e. The van der Waals surface area contributed by atoms with Gasteiger partial charge in [0.15, 0.2) is 0 Å². The Balaban J connectivity index is 2.13. The van der Waals surface area contributed by atoms with Crippen LogP contribution < -0.4 is 5.48 Å². The quantitative estimate of drug-likeness (QED) is 0.563. The number of hydrogen-bond acceptors (Lipinski definition) is 4. The molecule has 0 aromatic carbocycles. The van der Waals surface area contributed by atoms with Crippen LogP contribution in [0.5, 0.6) is 0 Å². The van der Waals surface area contributed by atoms with Gasteiger partial charge >= 0.3 is 0 Å². The van der Waals surface area contributed by atoms with Crippen LogP contribution in [-0.2, 0) is 4.84 Å². The third-order valence-electron chi connectivity index (χ3n) is 1.67. The number of aliphatic hydroxyl groups excluding tert-OH is 1. The molecule has 80 valence electrons. The Kier molecular flexibility index (Phi) is 5.11. The van der Waals surface area contributed by atoms with Gasteiger partial charge in [0.05, 0.1) is 13.2 Å². The minimum absolute atomic E-state index is 0.438. The minimum Gasteiger partial charge on any atom is -0.386 e. The highest BCUT2D eigenvalue weighted by Gasteiger charge is 2.07. The van der Waals surface area contributed by atoms with Gasteiger partial charge in [-0.3, -0.25) is 0 Å². The molecule has 0 aliphatic carbocycles. The molecular formula is C10H17NO2S. The standard InChI is InChI=1S/C10H17NO2S/c1-8(2)7-13-11-6-9(12)10-4-3-5-14-10/h3-5,8-9,11-12H,6-7H2,1-2H3. The normalized spacial score (nSPS) is 13.4. The molecule has 0 bridgehead atoms. The Morgan fingerprint density at radius 2 is 2.36 bits per heavy atom. The van der Waals surface area contributed by atoms with Gasteiger partial charge in [-0.15, -0.1) is 11.3 Å². The van der Waals surface area contributed by atoms with Crippen LogP contribution in [0.15, 0.2) is 17.5 Å². The van der Waals surface area contributed by atoms with Gasteiger partial charge in [0.2, 0.25) is 0 Å². The zero-order valence-corrected chi connectivity index (χ0v) is 9.38. The molecule has 1 heterocycles. The molecule has 1 atom stereocenters. The zero-order chi connectivity index (χ0) is 10.4. The fraction of sp³-hybridized carbons (Fsp3) is 0.600. The second-order valence-electron chi connectivity index (χ2n) is 3.58. The van der Waals surface area contributed by atoms with Gasteiger partial charge in [-0.1, -0.05) is 19.9 Å². The van der Waals surface area contributed by atoms with E-state index < -0.39 is 6.10 Å². The molecule has 0 radical (unpaired) electrons. The van der Waals surface area contributed by atoms with Crippen LogP contribution in [0.25, 0.3) is 0 Å². The summed E-state index contributed by atoms with van der Waals surface area (Å²) in [5, 5.41) is 11.6. The summed E-state index contributed by atoms with van der Waals surface area (Å²) < 4.78 is 0. The second kappa shape index (κ2) is 6.14. The van der Waals surface area contributed by atoms with Gasteiger partial charge in [-0.25, -0.2) is 0 Å². The average Bonchev–Trinajstić information content (AvgIpc) is 2.64. The summed E-state index contributed by atoms with van der Waals surface area (Å²) in [6, 6.07) is 3.84. The fourth-order valence-corrected chi connectivity index (χ4v) is 1.66. The maximum atomic E-state index is 9.64. The summed E-state index contributed by atoms with van der Waals surface area (Å²) >= 11 is 1.55. The number of aliphatic hydroxyl groups is 1. The molecule has 0 saturated heterocycles. The van der Waals surface area contributed by atoms with Gasteiger partial charge in [0.1, 0.15) is 6.10 Å². The molecular weight excluding hydrogens is 198 g/mol. The lowest BCUT2D eigenvalue weighted by Crippen LogP contribution is -2.23. The Labute approximate surface area is 88.7 Å². The molecule has 1 unspecified atom stereocenters. The number of thiophene rings is 1. The van der Waals surface area contributed by atoms with E-state index in [1.165, 1.54) is 0 Å². The molecule has 0 spiro atoms. The maximum Gasteiger partial charge on any atom is 0.103 e. The lowest BCUT2D eigenvalue weighted by atomic mass is 10.2. The predicted octanol–water partition coefficient (Wildman–Crippen LogP) is 1.96. The van der Waals surface area contributed by atoms with Crippen LogP contribution in [-0.4, -0.2) is 18.3 Å². The van der Waals surface area contributed by atoms with E-state index in [-0.39, 0.29) is 0 Å². The maximum absolute atomic E-state index is 9.64. The SMILES string of the molecule is CC(C)CONCC(O)c1cccs1. The smallest absolute Gasteiger partial charge is 0.103 e. The first-order chi connectivity index (χ1) is 6.70. The van der Waals surface area contributed by atoms with Crippen molar-refractivity contribution < 1.29 is 9.94 Å². The molecule has 0 aliphatic rings. The Morgan fingerprint density at radius 3 is 2.93 bits per heavy atom. The predicted molar refractivity (Wildman–Crippen MR) is 58.1 cm³/mol. The molecule has 0 amide bonds. The summed E-state index contributed by atoms with van der Waals surface area (Å²) in [4.78, 5) is 6.12. The van der Waals surface area contributed by atoms with Crippen molar-refractivity contribution in [2.45, 2.75) is 20.0 Å². The highest BCUT2D eigenvalue weighted by molar-refractivity contribution is 7.10. The molecule has 3 nitrogen and oxygen atoms in total. The lowest BCUT2D eigenvalue weighted by molar-refractivity contribution is 0.000933. The fourth-order valence-electron chi connectivity index (χ4n) is 0.945. The summed E-state index contributed by atoms with van der Waals surface area (Å²) in [6.07, 6.45) is -0.470. The van der Waals surface area contributed by atoms with E-state index in [0.717, 1.165) is 4.88 Å². The van der Waals surface area contributed by atoms with Gasteiger partial charge in [-0.2, -0.15) is 5.48 Å². The van der Waals surface area contributed by atoms with Crippen molar-refractivity contribution in [3.63, 3.8) is 0 Å². The molecule has 14 heavy (non-hydrogen) atoms. The van der Waals surface area contributed by atoms with Crippen molar-refractivity contribution in [2.24, 2.45) is 5.92 Å². The monoisotopic (exact) mass is 215 g/mol. The van der Waals surface area contributed by atoms with Crippen LogP contribution in [0.4, 0.5) is 0 Å². The number of rotatable bonds is 6. The van der Waals surface area contributed by atoms with E-state index in [4.69, 9.17) is 4.84 Å². The van der Waals surface area contributed by atoms with Crippen molar-refractivity contribution in [3.8, 4) is 0 Å². The summed E-state index contributed by atoms with van der Waals surface area (Å²) in [5.41, 5.74) is 2.76. The molecule has 0 fully saturated rings. The van der Waals surface area contributed by atoms with Gasteiger partial charge in [0, 0.05) is 4.88 Å². The highest BCUT2D eigenvalue weighted by atomic mass is 32.1. The van der Waals surface area contributed by atoms with Crippen molar-refractivity contribution >= 4 is 11.3 Å². The van der Waals surface area contributed by atoms with E-state index in [1.807, 2.05) is 17.5 Å². The molecule has 1 rings (SSSR count). The van der Waals surface area contributed by atoms with Crippen molar-refractivity contribution in [3.05, 3.63) is 22.4 Å². The number of hydroxylamine groups is 1. The van der Waals surface area contributed by atoms with E-state index >= 15 is 0 Å². The Hall–Kier alpha value is -0.420. The first-order valence-electron chi connectivity index (χ1n) is 4.76. The molecule has 1 aromatic heterocycles. The van der Waals surface area contributed by atoms with Gasteiger partial charge in [-0.05, 0) is 17.4 Å². The summed E-state index contributed by atoms with van der Waals surface area (Å²) in [7, 11) is 0. The number of nitrogens with one attached hydrogen (secondary N) is 1. The van der Waals surface area contributed by atoms with E-state index in [0.29, 0.717) is 19.1 Å². The summed E-state index contributed by atoms with van der Waals surface area (Å²) in [6.45, 7) is 5.26. The average molecular weight is 215 g/mol. The lowest BCUT2D eigenvalue weighted by Gasteiger charge is -2.11. The number of hydrogen-bond donors (Lipinski definition) is 2. The van der Waals surface area contributed by atoms with Crippen molar-refractivity contribution in [1.82, 2.24) is 5.48 Å². The van der Waals surface area contributed by atoms with Crippen LogP contribution in [0.1, 0.15) is 24.8 Å². The van der Waals surface area contributed by atoms with E-state index in [9.17, 15) is 5.11 Å². The van der Waals surface area contributed by atoms with Crippen molar-refractivity contribution in [1.29, 1.82) is 0 Å².